The van der Waals surface area contributed by atoms with Crippen LogP contribution in [0.5, 0.6) is 0 Å². The maximum Gasteiger partial charge on any atom is 0.328 e. The van der Waals surface area contributed by atoms with E-state index in [1.807, 2.05) is 12.1 Å². The highest BCUT2D eigenvalue weighted by atomic mass is 16.5. The van der Waals surface area contributed by atoms with E-state index in [9.17, 15) is 14.4 Å². The minimum Gasteiger partial charge on any atom is -0.466 e. The molecule has 134 valence electrons. The molecule has 0 unspecified atom stereocenters. The Hall–Kier alpha value is -2.64. The van der Waals surface area contributed by atoms with Crippen LogP contribution in [-0.2, 0) is 14.3 Å². The number of esters is 1. The van der Waals surface area contributed by atoms with Gasteiger partial charge in [0.2, 0.25) is 5.91 Å². The summed E-state index contributed by atoms with van der Waals surface area (Å²) < 4.78 is 5.08. The molecule has 2 aliphatic heterocycles. The Kier molecular flexibility index (Phi) is 5.16. The predicted molar refractivity (Wildman–Crippen MR) is 91.3 cm³/mol. The van der Waals surface area contributed by atoms with Crippen LogP contribution in [0.25, 0.3) is 0 Å². The molecule has 0 spiro atoms. The Labute approximate surface area is 146 Å². The van der Waals surface area contributed by atoms with Crippen molar-refractivity contribution in [3.63, 3.8) is 0 Å². The maximum atomic E-state index is 11.9. The first-order chi connectivity index (χ1) is 12.0. The zero-order chi connectivity index (χ0) is 17.8. The van der Waals surface area contributed by atoms with Crippen LogP contribution in [0.3, 0.4) is 0 Å². The number of hydrogen-bond acceptors (Lipinski definition) is 6. The number of anilines is 2. The number of carbonyl (C=O) groups is 3. The van der Waals surface area contributed by atoms with Gasteiger partial charge in [-0.1, -0.05) is 0 Å². The average molecular weight is 346 g/mol. The van der Waals surface area contributed by atoms with E-state index in [1.54, 1.807) is 6.20 Å². The Morgan fingerprint density at radius 3 is 2.64 bits per heavy atom. The highest BCUT2D eigenvalue weighted by Crippen LogP contribution is 2.24. The van der Waals surface area contributed by atoms with E-state index >= 15 is 0 Å². The molecule has 25 heavy (non-hydrogen) atoms. The number of ether oxygens (including phenoxy) is 1. The molecular weight excluding hydrogens is 324 g/mol. The summed E-state index contributed by atoms with van der Waals surface area (Å²) in [6.45, 7) is 4.00. The fraction of sp³-hybridized carbons (Fsp3) is 0.529. The molecule has 2 aliphatic rings. The van der Waals surface area contributed by atoms with E-state index in [1.165, 1.54) is 11.8 Å². The van der Waals surface area contributed by atoms with Crippen LogP contribution in [0.15, 0.2) is 18.3 Å². The number of hydrogen-bond donors (Lipinski definition) is 1. The van der Waals surface area contributed by atoms with Gasteiger partial charge in [-0.25, -0.2) is 9.78 Å². The van der Waals surface area contributed by atoms with E-state index in [0.29, 0.717) is 31.2 Å². The van der Waals surface area contributed by atoms with Crippen LogP contribution in [-0.4, -0.2) is 49.1 Å². The summed E-state index contributed by atoms with van der Waals surface area (Å²) in [5, 5.41) is 2.30. The quantitative estimate of drug-likeness (QED) is 0.827. The van der Waals surface area contributed by atoms with Crippen molar-refractivity contribution in [1.29, 1.82) is 0 Å². The lowest BCUT2D eigenvalue weighted by atomic mass is 9.98. The van der Waals surface area contributed by atoms with Gasteiger partial charge in [-0.3, -0.25) is 19.8 Å². The monoisotopic (exact) mass is 346 g/mol. The van der Waals surface area contributed by atoms with Gasteiger partial charge >= 0.3 is 12.0 Å². The number of pyridine rings is 1. The molecule has 2 fully saturated rings. The standard InChI is InChI=1S/C17H22N4O4/c1-12(22)25-11-13-4-7-20(8-5-13)15-3-2-14(10-18-15)21-9-6-16(23)19-17(21)24/h2-3,10,13H,4-9,11H2,1H3,(H,19,23,24). The molecule has 0 saturated carbocycles. The van der Waals surface area contributed by atoms with E-state index in [2.05, 4.69) is 15.2 Å². The lowest BCUT2D eigenvalue weighted by molar-refractivity contribution is -0.142. The molecule has 1 aromatic rings. The number of nitrogens with zero attached hydrogens (tertiary/aromatic N) is 3. The van der Waals surface area contributed by atoms with Crippen molar-refractivity contribution < 1.29 is 19.1 Å². The van der Waals surface area contributed by atoms with Crippen LogP contribution in [0, 0.1) is 5.92 Å². The molecule has 8 nitrogen and oxygen atoms in total. The van der Waals surface area contributed by atoms with E-state index in [0.717, 1.165) is 31.7 Å². The minimum absolute atomic E-state index is 0.233. The topological polar surface area (TPSA) is 91.8 Å². The molecule has 3 amide bonds. The summed E-state index contributed by atoms with van der Waals surface area (Å²) >= 11 is 0. The Bertz CT molecular complexity index is 653. The maximum absolute atomic E-state index is 11.9. The van der Waals surface area contributed by atoms with Crippen LogP contribution >= 0.6 is 0 Å². The van der Waals surface area contributed by atoms with Crippen molar-refractivity contribution in [2.24, 2.45) is 5.92 Å². The summed E-state index contributed by atoms with van der Waals surface area (Å²) in [7, 11) is 0. The number of aromatic nitrogens is 1. The average Bonchev–Trinajstić information content (AvgIpc) is 2.61. The Morgan fingerprint density at radius 2 is 2.04 bits per heavy atom. The molecule has 0 radical (unpaired) electrons. The zero-order valence-electron chi connectivity index (χ0n) is 14.2. The van der Waals surface area contributed by atoms with Gasteiger partial charge in [0.1, 0.15) is 5.82 Å². The van der Waals surface area contributed by atoms with Crippen LogP contribution in [0.2, 0.25) is 0 Å². The molecule has 2 saturated heterocycles. The molecule has 3 rings (SSSR count). The zero-order valence-corrected chi connectivity index (χ0v) is 14.2. The molecule has 8 heteroatoms. The smallest absolute Gasteiger partial charge is 0.328 e. The lowest BCUT2D eigenvalue weighted by Gasteiger charge is -2.33. The first-order valence-corrected chi connectivity index (χ1v) is 8.48. The molecule has 0 bridgehead atoms. The van der Waals surface area contributed by atoms with Gasteiger partial charge in [-0.05, 0) is 30.9 Å². The van der Waals surface area contributed by atoms with Crippen molar-refractivity contribution in [1.82, 2.24) is 10.3 Å². The summed E-state index contributed by atoms with van der Waals surface area (Å²) in [6.07, 6.45) is 3.86. The number of carbonyl (C=O) groups excluding carboxylic acids is 3. The summed E-state index contributed by atoms with van der Waals surface area (Å²) in [6, 6.07) is 3.34. The van der Waals surface area contributed by atoms with E-state index in [4.69, 9.17) is 4.74 Å². The van der Waals surface area contributed by atoms with Gasteiger partial charge in [-0.2, -0.15) is 0 Å². The molecule has 0 aromatic carbocycles. The fourth-order valence-corrected chi connectivity index (χ4v) is 3.10. The summed E-state index contributed by atoms with van der Waals surface area (Å²) in [4.78, 5) is 42.1. The molecule has 0 atom stereocenters. The number of amides is 3. The van der Waals surface area contributed by atoms with Crippen molar-refractivity contribution in [2.45, 2.75) is 26.2 Å². The number of rotatable bonds is 4. The molecule has 1 N–H and O–H groups in total. The first-order valence-electron chi connectivity index (χ1n) is 8.48. The van der Waals surface area contributed by atoms with Gasteiger partial charge in [-0.15, -0.1) is 0 Å². The van der Waals surface area contributed by atoms with Crippen LogP contribution < -0.4 is 15.1 Å². The van der Waals surface area contributed by atoms with Gasteiger partial charge < -0.3 is 9.64 Å². The Balaban J connectivity index is 1.55. The highest BCUT2D eigenvalue weighted by molar-refractivity contribution is 6.05. The number of piperidine rings is 1. The highest BCUT2D eigenvalue weighted by Gasteiger charge is 2.25. The second-order valence-corrected chi connectivity index (χ2v) is 6.36. The lowest BCUT2D eigenvalue weighted by Crippen LogP contribution is -2.49. The summed E-state index contributed by atoms with van der Waals surface area (Å²) in [5.74, 6) is 0.780. The van der Waals surface area contributed by atoms with Crippen molar-refractivity contribution in [3.8, 4) is 0 Å². The molecule has 3 heterocycles. The van der Waals surface area contributed by atoms with E-state index < -0.39 is 6.03 Å². The van der Waals surface area contributed by atoms with Gasteiger partial charge in [0, 0.05) is 33.0 Å². The Morgan fingerprint density at radius 1 is 1.28 bits per heavy atom. The van der Waals surface area contributed by atoms with E-state index in [-0.39, 0.29) is 11.9 Å². The fourth-order valence-electron chi connectivity index (χ4n) is 3.10. The third-order valence-electron chi connectivity index (χ3n) is 4.56. The molecule has 0 aliphatic carbocycles. The second kappa shape index (κ2) is 7.50. The first kappa shape index (κ1) is 17.2. The molecule has 1 aromatic heterocycles. The SMILES string of the molecule is CC(=O)OCC1CCN(c2ccc(N3CCC(=O)NC3=O)cn2)CC1. The van der Waals surface area contributed by atoms with Crippen molar-refractivity contribution in [3.05, 3.63) is 18.3 Å². The van der Waals surface area contributed by atoms with Crippen LogP contribution in [0.4, 0.5) is 16.3 Å². The minimum atomic E-state index is -0.405. The number of urea groups is 1. The third kappa shape index (κ3) is 4.26. The third-order valence-corrected chi connectivity index (χ3v) is 4.56. The molecular formula is C17H22N4O4. The van der Waals surface area contributed by atoms with Gasteiger partial charge in [0.15, 0.2) is 0 Å². The normalized spacial score (nSPS) is 18.9. The summed E-state index contributed by atoms with van der Waals surface area (Å²) in [5.41, 5.74) is 0.679. The number of imide groups is 1. The largest absolute Gasteiger partial charge is 0.466 e. The van der Waals surface area contributed by atoms with Gasteiger partial charge in [0.05, 0.1) is 18.5 Å². The number of nitrogens with one attached hydrogen (secondary N) is 1. The van der Waals surface area contributed by atoms with Gasteiger partial charge in [0.25, 0.3) is 0 Å². The second-order valence-electron chi connectivity index (χ2n) is 6.36. The predicted octanol–water partition coefficient (Wildman–Crippen LogP) is 1.31. The van der Waals surface area contributed by atoms with Crippen molar-refractivity contribution in [2.75, 3.05) is 36.0 Å². The van der Waals surface area contributed by atoms with Crippen LogP contribution in [0.1, 0.15) is 26.2 Å². The van der Waals surface area contributed by atoms with Crippen molar-refractivity contribution >= 4 is 29.4 Å².